The zero-order valence-corrected chi connectivity index (χ0v) is 13.8. The third-order valence-corrected chi connectivity index (χ3v) is 3.71. The molecule has 0 aliphatic rings. The molecule has 4 nitrogen and oxygen atoms in total. The minimum Gasteiger partial charge on any atom is -0.332 e. The molecular weight excluding hydrogens is 370 g/mol. The zero-order valence-electron chi connectivity index (χ0n) is 12.9. The van der Waals surface area contributed by atoms with Crippen molar-refractivity contribution in [2.24, 2.45) is 0 Å². The van der Waals surface area contributed by atoms with E-state index in [2.05, 4.69) is 15.6 Å². The van der Waals surface area contributed by atoms with Crippen LogP contribution in [-0.4, -0.2) is 10.1 Å². The van der Waals surface area contributed by atoms with Gasteiger partial charge in [-0.25, -0.2) is 4.39 Å². The normalized spacial score (nSPS) is 11.4. The van der Waals surface area contributed by atoms with Crippen LogP contribution in [0.3, 0.4) is 0 Å². The molecule has 3 aromatic rings. The van der Waals surface area contributed by atoms with Crippen molar-refractivity contribution in [1.82, 2.24) is 4.98 Å². The Morgan fingerprint density at radius 1 is 0.962 bits per heavy atom. The fourth-order valence-corrected chi connectivity index (χ4v) is 2.63. The molecule has 0 amide bonds. The highest BCUT2D eigenvalue weighted by Gasteiger charge is 2.33. The van der Waals surface area contributed by atoms with Crippen molar-refractivity contribution in [3.63, 3.8) is 0 Å². The molecule has 3 N–H and O–H groups in total. The minimum absolute atomic E-state index is 0.0628. The summed E-state index contributed by atoms with van der Waals surface area (Å²) >= 11 is 5.10. The summed E-state index contributed by atoms with van der Waals surface area (Å²) in [6.07, 6.45) is -4.67. The molecule has 1 aromatic heterocycles. The SMILES string of the molecule is O=c1cc(C(F)(F)F)c2cc(NC(=S)Nc3ccc(F)cc3)ccc2[nH]1. The first-order valence-electron chi connectivity index (χ1n) is 7.30. The molecular formula is C17H11F4N3OS. The van der Waals surface area contributed by atoms with Gasteiger partial charge in [0.25, 0.3) is 0 Å². The van der Waals surface area contributed by atoms with Crippen molar-refractivity contribution in [2.45, 2.75) is 6.18 Å². The van der Waals surface area contributed by atoms with Crippen molar-refractivity contribution < 1.29 is 17.6 Å². The summed E-state index contributed by atoms with van der Waals surface area (Å²) in [7, 11) is 0. The monoisotopic (exact) mass is 381 g/mol. The second-order valence-corrected chi connectivity index (χ2v) is 5.80. The van der Waals surface area contributed by atoms with Gasteiger partial charge in [-0.3, -0.25) is 4.79 Å². The lowest BCUT2D eigenvalue weighted by molar-refractivity contribution is -0.136. The number of benzene rings is 2. The molecule has 0 fully saturated rings. The quantitative estimate of drug-likeness (QED) is 0.452. The van der Waals surface area contributed by atoms with E-state index in [0.29, 0.717) is 17.4 Å². The van der Waals surface area contributed by atoms with Crippen molar-refractivity contribution in [3.8, 4) is 0 Å². The predicted octanol–water partition coefficient (Wildman–Crippen LogP) is 4.49. The van der Waals surface area contributed by atoms with Crippen LogP contribution in [0.5, 0.6) is 0 Å². The molecule has 0 aliphatic carbocycles. The van der Waals surface area contributed by atoms with Crippen molar-refractivity contribution in [1.29, 1.82) is 0 Å². The molecule has 0 saturated heterocycles. The maximum Gasteiger partial charge on any atom is 0.417 e. The van der Waals surface area contributed by atoms with Gasteiger partial charge in [-0.15, -0.1) is 0 Å². The molecule has 0 radical (unpaired) electrons. The number of nitrogens with one attached hydrogen (secondary N) is 3. The standard InChI is InChI=1S/C17H11F4N3OS/c18-9-1-3-10(4-2-9)22-16(26)23-11-5-6-14-12(7-11)13(17(19,20)21)8-15(25)24-14/h1-8H,(H,24,25)(H2,22,23,26). The number of fused-ring (bicyclic) bond motifs is 1. The summed E-state index contributed by atoms with van der Waals surface area (Å²) in [4.78, 5) is 13.8. The van der Waals surface area contributed by atoms with Crippen LogP contribution in [0.15, 0.2) is 53.3 Å². The summed E-state index contributed by atoms with van der Waals surface area (Å²) < 4.78 is 52.4. The topological polar surface area (TPSA) is 56.9 Å². The lowest BCUT2D eigenvalue weighted by atomic mass is 10.1. The summed E-state index contributed by atoms with van der Waals surface area (Å²) in [5.41, 5.74) is -0.983. The van der Waals surface area contributed by atoms with Gasteiger partial charge in [0.1, 0.15) is 5.82 Å². The van der Waals surface area contributed by atoms with E-state index in [4.69, 9.17) is 12.2 Å². The van der Waals surface area contributed by atoms with E-state index in [1.165, 1.54) is 42.5 Å². The Morgan fingerprint density at radius 2 is 1.58 bits per heavy atom. The van der Waals surface area contributed by atoms with Crippen LogP contribution in [0, 0.1) is 5.82 Å². The molecule has 0 saturated carbocycles. The van der Waals surface area contributed by atoms with Gasteiger partial charge >= 0.3 is 6.18 Å². The van der Waals surface area contributed by atoms with Crippen LogP contribution in [-0.2, 0) is 6.18 Å². The molecule has 3 rings (SSSR count). The van der Waals surface area contributed by atoms with Crippen LogP contribution >= 0.6 is 12.2 Å². The van der Waals surface area contributed by atoms with E-state index < -0.39 is 23.1 Å². The maximum atomic E-state index is 13.2. The lowest BCUT2D eigenvalue weighted by Crippen LogP contribution is -2.19. The number of hydrogen-bond acceptors (Lipinski definition) is 2. The largest absolute Gasteiger partial charge is 0.417 e. The van der Waals surface area contributed by atoms with Gasteiger partial charge in [-0.05, 0) is 54.7 Å². The van der Waals surface area contributed by atoms with Gasteiger partial charge < -0.3 is 15.6 Å². The van der Waals surface area contributed by atoms with Gasteiger partial charge in [-0.2, -0.15) is 13.2 Å². The van der Waals surface area contributed by atoms with Crippen LogP contribution in [0.1, 0.15) is 5.56 Å². The van der Waals surface area contributed by atoms with Gasteiger partial charge in [0, 0.05) is 28.3 Å². The highest BCUT2D eigenvalue weighted by molar-refractivity contribution is 7.80. The number of alkyl halides is 3. The number of halogens is 4. The average Bonchev–Trinajstić information content (AvgIpc) is 2.55. The molecule has 0 spiro atoms. The number of pyridine rings is 1. The Morgan fingerprint density at radius 3 is 2.23 bits per heavy atom. The fraction of sp³-hybridized carbons (Fsp3) is 0.0588. The number of rotatable bonds is 2. The molecule has 2 aromatic carbocycles. The first-order chi connectivity index (χ1) is 12.2. The summed E-state index contributed by atoms with van der Waals surface area (Å²) in [6.45, 7) is 0. The average molecular weight is 381 g/mol. The Labute approximate surface area is 149 Å². The predicted molar refractivity (Wildman–Crippen MR) is 95.8 cm³/mol. The van der Waals surface area contributed by atoms with Crippen molar-refractivity contribution >= 4 is 39.6 Å². The van der Waals surface area contributed by atoms with E-state index in [1.54, 1.807) is 0 Å². The van der Waals surface area contributed by atoms with Crippen LogP contribution < -0.4 is 16.2 Å². The number of H-pyrrole nitrogens is 1. The molecule has 0 atom stereocenters. The van der Waals surface area contributed by atoms with Crippen molar-refractivity contribution in [3.05, 3.63) is 70.3 Å². The molecule has 1 heterocycles. The smallest absolute Gasteiger partial charge is 0.332 e. The number of anilines is 2. The zero-order chi connectivity index (χ0) is 18.9. The molecule has 0 unspecified atom stereocenters. The molecule has 134 valence electrons. The van der Waals surface area contributed by atoms with Gasteiger partial charge in [0.15, 0.2) is 5.11 Å². The van der Waals surface area contributed by atoms with Gasteiger partial charge in [0.05, 0.1) is 5.56 Å². The van der Waals surface area contributed by atoms with Crippen LogP contribution in [0.4, 0.5) is 28.9 Å². The number of thiocarbonyl (C=S) groups is 1. The highest BCUT2D eigenvalue weighted by Crippen LogP contribution is 2.34. The number of hydrogen-bond donors (Lipinski definition) is 3. The summed E-state index contributed by atoms with van der Waals surface area (Å²) in [5, 5.41) is 5.51. The maximum absolute atomic E-state index is 13.2. The van der Waals surface area contributed by atoms with Crippen LogP contribution in [0.2, 0.25) is 0 Å². The third kappa shape index (κ3) is 3.99. The second kappa shape index (κ2) is 6.75. The Bertz CT molecular complexity index is 1030. The summed E-state index contributed by atoms with van der Waals surface area (Å²) in [6, 6.07) is 10.0. The first-order valence-corrected chi connectivity index (χ1v) is 7.71. The number of aromatic amines is 1. The van der Waals surface area contributed by atoms with E-state index in [-0.39, 0.29) is 16.0 Å². The third-order valence-electron chi connectivity index (χ3n) is 3.51. The fourth-order valence-electron chi connectivity index (χ4n) is 2.39. The van der Waals surface area contributed by atoms with E-state index in [9.17, 15) is 22.4 Å². The molecule has 0 aliphatic heterocycles. The minimum atomic E-state index is -4.67. The Kier molecular flexibility index (Phi) is 4.64. The van der Waals surface area contributed by atoms with E-state index in [0.717, 1.165) is 0 Å². The van der Waals surface area contributed by atoms with Crippen LogP contribution in [0.25, 0.3) is 10.9 Å². The van der Waals surface area contributed by atoms with E-state index >= 15 is 0 Å². The second-order valence-electron chi connectivity index (χ2n) is 5.39. The van der Waals surface area contributed by atoms with Crippen molar-refractivity contribution in [2.75, 3.05) is 10.6 Å². The lowest BCUT2D eigenvalue weighted by Gasteiger charge is -2.13. The molecule has 0 bridgehead atoms. The van der Waals surface area contributed by atoms with Gasteiger partial charge in [0.2, 0.25) is 5.56 Å². The first kappa shape index (κ1) is 17.9. The molecule has 26 heavy (non-hydrogen) atoms. The Balaban J connectivity index is 1.89. The van der Waals surface area contributed by atoms with Gasteiger partial charge in [-0.1, -0.05) is 0 Å². The van der Waals surface area contributed by atoms with E-state index in [1.807, 2.05) is 0 Å². The summed E-state index contributed by atoms with van der Waals surface area (Å²) in [5.74, 6) is -0.405. The Hall–Kier alpha value is -2.94. The molecule has 9 heteroatoms. The number of aromatic nitrogens is 1. The highest BCUT2D eigenvalue weighted by atomic mass is 32.1.